The third-order valence-corrected chi connectivity index (χ3v) is 7.62. The predicted molar refractivity (Wildman–Crippen MR) is 102 cm³/mol. The van der Waals surface area contributed by atoms with Crippen molar-refractivity contribution in [1.82, 2.24) is 0 Å². The Morgan fingerprint density at radius 2 is 1.73 bits per heavy atom. The number of fused-ring (bicyclic) bond motifs is 2. The van der Waals surface area contributed by atoms with Crippen LogP contribution in [0.2, 0.25) is 39.3 Å². The average Bonchev–Trinajstić information content (AvgIpc) is 2.66. The van der Waals surface area contributed by atoms with Crippen LogP contribution in [0, 0.1) is 28.2 Å². The monoisotopic (exact) mass is 334 g/mol. The Balaban J connectivity index is 2.60. The van der Waals surface area contributed by atoms with Gasteiger partial charge >= 0.3 is 0 Å². The fraction of sp³-hybridized carbons (Fsp3) is 0.789. The Morgan fingerprint density at radius 1 is 1.14 bits per heavy atom. The molecule has 0 heterocycles. The van der Waals surface area contributed by atoms with E-state index in [0.29, 0.717) is 5.92 Å². The second kappa shape index (κ2) is 5.09. The molecule has 1 nitrogen and oxygen atoms in total. The summed E-state index contributed by atoms with van der Waals surface area (Å²) in [6.07, 6.45) is 5.77. The lowest BCUT2D eigenvalue weighted by atomic mass is 9.63. The lowest BCUT2D eigenvalue weighted by molar-refractivity contribution is -0.00677. The Kier molecular flexibility index (Phi) is 4.18. The topological polar surface area (TPSA) is 9.23 Å². The van der Waals surface area contributed by atoms with E-state index < -0.39 is 16.4 Å². The minimum atomic E-state index is -1.69. The molecule has 0 aromatic heterocycles. The van der Waals surface area contributed by atoms with E-state index >= 15 is 0 Å². The van der Waals surface area contributed by atoms with Gasteiger partial charge in [0, 0.05) is 5.41 Å². The first kappa shape index (κ1) is 18.0. The van der Waals surface area contributed by atoms with Crippen LogP contribution < -0.4 is 0 Å². The van der Waals surface area contributed by atoms with Crippen molar-refractivity contribution in [3.8, 4) is 11.5 Å². The zero-order chi connectivity index (χ0) is 17.0. The molecule has 2 saturated carbocycles. The zero-order valence-corrected chi connectivity index (χ0v) is 17.9. The van der Waals surface area contributed by atoms with Crippen LogP contribution in [0.3, 0.4) is 0 Å². The van der Waals surface area contributed by atoms with E-state index in [1.165, 1.54) is 12.8 Å². The van der Waals surface area contributed by atoms with Gasteiger partial charge in [-0.1, -0.05) is 45.5 Å². The van der Waals surface area contributed by atoms with Crippen LogP contribution in [0.4, 0.5) is 0 Å². The Hall–Kier alpha value is -0.306. The van der Waals surface area contributed by atoms with Crippen LogP contribution in [-0.2, 0) is 4.43 Å². The third-order valence-electron chi connectivity index (χ3n) is 5.78. The quantitative estimate of drug-likeness (QED) is 0.378. The van der Waals surface area contributed by atoms with Crippen LogP contribution in [0.1, 0.15) is 33.1 Å². The third kappa shape index (κ3) is 2.68. The standard InChI is InChI=1S/C19H34OSi2/c1-10-18-12-11-16(17(18,2)3)15-19(18,20-22(7,8)9)13-14-21(4,5)6/h10,16H,1,11-12,15H2,2-9H3/t16-,18-,19-/m1/s1. The van der Waals surface area contributed by atoms with Crippen LogP contribution in [0.5, 0.6) is 0 Å². The molecule has 3 atom stereocenters. The average molecular weight is 335 g/mol. The fourth-order valence-corrected chi connectivity index (χ4v) is 6.66. The zero-order valence-electron chi connectivity index (χ0n) is 15.9. The molecule has 0 radical (unpaired) electrons. The van der Waals surface area contributed by atoms with Gasteiger partial charge < -0.3 is 4.43 Å². The maximum Gasteiger partial charge on any atom is 0.185 e. The Morgan fingerprint density at radius 3 is 2.14 bits per heavy atom. The first-order chi connectivity index (χ1) is 9.79. The van der Waals surface area contributed by atoms with Crippen molar-refractivity contribution in [3.05, 3.63) is 12.7 Å². The molecule has 124 valence electrons. The highest BCUT2D eigenvalue weighted by Gasteiger charge is 2.70. The minimum Gasteiger partial charge on any atom is -0.401 e. The van der Waals surface area contributed by atoms with E-state index in [4.69, 9.17) is 4.43 Å². The molecule has 0 aromatic carbocycles. The lowest BCUT2D eigenvalue weighted by Gasteiger charge is -2.48. The van der Waals surface area contributed by atoms with E-state index in [1.54, 1.807) is 0 Å². The molecule has 0 saturated heterocycles. The first-order valence-corrected chi connectivity index (χ1v) is 15.6. The van der Waals surface area contributed by atoms with Crippen LogP contribution in [0.25, 0.3) is 0 Å². The molecule has 0 N–H and O–H groups in total. The lowest BCUT2D eigenvalue weighted by Crippen LogP contribution is -2.53. The summed E-state index contributed by atoms with van der Waals surface area (Å²) in [5.41, 5.74) is 3.60. The van der Waals surface area contributed by atoms with Crippen molar-refractivity contribution in [1.29, 1.82) is 0 Å². The Bertz CT molecular complexity index is 526. The van der Waals surface area contributed by atoms with Gasteiger partial charge in [-0.3, -0.25) is 0 Å². The molecule has 22 heavy (non-hydrogen) atoms. The number of hydrogen-bond acceptors (Lipinski definition) is 1. The maximum absolute atomic E-state index is 6.86. The molecule has 2 bridgehead atoms. The van der Waals surface area contributed by atoms with Gasteiger partial charge in [-0.05, 0) is 50.2 Å². The summed E-state index contributed by atoms with van der Waals surface area (Å²) in [7, 11) is -3.12. The van der Waals surface area contributed by atoms with Gasteiger partial charge in [0.25, 0.3) is 0 Å². The summed E-state index contributed by atoms with van der Waals surface area (Å²) in [6.45, 7) is 22.9. The second-order valence-corrected chi connectivity index (χ2v) is 19.1. The van der Waals surface area contributed by atoms with Crippen molar-refractivity contribution in [2.45, 2.75) is 78.0 Å². The highest BCUT2D eigenvalue weighted by Crippen LogP contribution is 2.71. The van der Waals surface area contributed by atoms with Gasteiger partial charge in [0.2, 0.25) is 0 Å². The fourth-order valence-electron chi connectivity index (χ4n) is 4.72. The Labute approximate surface area is 140 Å². The number of hydrogen-bond donors (Lipinski definition) is 0. The molecule has 2 aliphatic carbocycles. The van der Waals surface area contributed by atoms with Crippen molar-refractivity contribution >= 4 is 16.4 Å². The van der Waals surface area contributed by atoms with Gasteiger partial charge in [-0.15, -0.1) is 12.1 Å². The van der Waals surface area contributed by atoms with Gasteiger partial charge in [-0.25, -0.2) is 0 Å². The minimum absolute atomic E-state index is 0.0115. The molecule has 0 spiro atoms. The summed E-state index contributed by atoms with van der Waals surface area (Å²) in [6, 6.07) is 0. The molecule has 0 aromatic rings. The van der Waals surface area contributed by atoms with Crippen molar-refractivity contribution in [3.63, 3.8) is 0 Å². The van der Waals surface area contributed by atoms with E-state index in [0.717, 1.165) is 6.42 Å². The molecular weight excluding hydrogens is 300 g/mol. The first-order valence-electron chi connectivity index (χ1n) is 8.67. The van der Waals surface area contributed by atoms with Crippen LogP contribution >= 0.6 is 0 Å². The largest absolute Gasteiger partial charge is 0.401 e. The van der Waals surface area contributed by atoms with Crippen LogP contribution in [-0.4, -0.2) is 22.0 Å². The van der Waals surface area contributed by atoms with E-state index in [2.05, 4.69) is 77.2 Å². The molecule has 2 aliphatic rings. The number of rotatable bonds is 3. The molecular formula is C19H34OSi2. The molecule has 3 heteroatoms. The molecule has 2 rings (SSSR count). The van der Waals surface area contributed by atoms with E-state index in [-0.39, 0.29) is 16.4 Å². The maximum atomic E-state index is 6.86. The summed E-state index contributed by atoms with van der Waals surface area (Å²) in [5, 5.41) is 0. The summed E-state index contributed by atoms with van der Waals surface area (Å²) in [4.78, 5) is 0. The summed E-state index contributed by atoms with van der Waals surface area (Å²) in [5.74, 6) is 4.43. The molecule has 0 unspecified atom stereocenters. The SMILES string of the molecule is C=C[C@]12CC[C@H](C[C@@]1(C#C[Si](C)(C)C)O[Si](C)(C)C)C2(C)C. The summed E-state index contributed by atoms with van der Waals surface area (Å²) >= 11 is 0. The molecule has 0 amide bonds. The van der Waals surface area contributed by atoms with Gasteiger partial charge in [-0.2, -0.15) is 0 Å². The predicted octanol–water partition coefficient (Wildman–Crippen LogP) is 5.47. The highest BCUT2D eigenvalue weighted by molar-refractivity contribution is 6.83. The van der Waals surface area contributed by atoms with Gasteiger partial charge in [0.1, 0.15) is 13.7 Å². The highest BCUT2D eigenvalue weighted by atomic mass is 28.4. The molecule has 0 aliphatic heterocycles. The summed E-state index contributed by atoms with van der Waals surface area (Å²) < 4.78 is 6.86. The van der Waals surface area contributed by atoms with E-state index in [1.807, 2.05) is 0 Å². The molecule has 2 fully saturated rings. The normalized spacial score (nSPS) is 36.8. The van der Waals surface area contributed by atoms with E-state index in [9.17, 15) is 0 Å². The van der Waals surface area contributed by atoms with Crippen molar-refractivity contribution < 1.29 is 4.43 Å². The second-order valence-electron chi connectivity index (χ2n) is 9.88. The van der Waals surface area contributed by atoms with Crippen molar-refractivity contribution in [2.24, 2.45) is 16.7 Å². The van der Waals surface area contributed by atoms with Crippen molar-refractivity contribution in [2.75, 3.05) is 0 Å². The van der Waals surface area contributed by atoms with Gasteiger partial charge in [0.15, 0.2) is 8.32 Å². The smallest absolute Gasteiger partial charge is 0.185 e. The van der Waals surface area contributed by atoms with Gasteiger partial charge in [0.05, 0.1) is 0 Å². The van der Waals surface area contributed by atoms with Crippen LogP contribution in [0.15, 0.2) is 12.7 Å².